The smallest absolute Gasteiger partial charge is 0.335 e. The predicted octanol–water partition coefficient (Wildman–Crippen LogP) is 4.48. The van der Waals surface area contributed by atoms with Gasteiger partial charge in [-0.05, 0) is 59.4 Å². The Morgan fingerprint density at radius 2 is 1.71 bits per heavy atom. The van der Waals surface area contributed by atoms with Crippen molar-refractivity contribution in [3.05, 3.63) is 65.9 Å². The fourth-order valence-electron chi connectivity index (χ4n) is 2.17. The second-order valence-corrected chi connectivity index (χ2v) is 5.68. The fourth-order valence-corrected chi connectivity index (χ4v) is 2.75. The summed E-state index contributed by atoms with van der Waals surface area (Å²) in [4.78, 5) is 12.3. The van der Waals surface area contributed by atoms with Gasteiger partial charge in [-0.15, -0.1) is 0 Å². The van der Waals surface area contributed by atoms with Crippen molar-refractivity contribution in [2.75, 3.05) is 0 Å². The maximum atomic E-state index is 11.3. The Morgan fingerprint density at radius 1 is 1.00 bits per heavy atom. The maximum Gasteiger partial charge on any atom is 0.335 e. The van der Waals surface area contributed by atoms with Crippen molar-refractivity contribution in [2.24, 2.45) is 0 Å². The average molecular weight is 295 g/mol. The van der Waals surface area contributed by atoms with E-state index in [1.165, 1.54) is 17.1 Å². The van der Waals surface area contributed by atoms with E-state index in [9.17, 15) is 9.90 Å². The molecule has 1 heterocycles. The predicted molar refractivity (Wildman–Crippen MR) is 84.7 cm³/mol. The summed E-state index contributed by atoms with van der Waals surface area (Å²) in [6.45, 7) is 2.03. The van der Waals surface area contributed by atoms with Crippen molar-refractivity contribution >= 4 is 17.5 Å². The molecule has 3 rings (SSSR count). The normalized spacial score (nSPS) is 10.5. The summed E-state index contributed by atoms with van der Waals surface area (Å²) in [5.74, 6) is -0.922. The number of aryl methyl sites for hydroxylation is 1. The van der Waals surface area contributed by atoms with Gasteiger partial charge in [-0.3, -0.25) is 0 Å². The second kappa shape index (κ2) is 5.50. The summed E-state index contributed by atoms with van der Waals surface area (Å²) in [6.07, 6.45) is 1.72. The maximum absolute atomic E-state index is 11.3. The number of rotatable bonds is 3. The molecule has 1 N–H and O–H groups in total. The molecule has 0 aliphatic rings. The van der Waals surface area contributed by atoms with E-state index in [1.807, 2.05) is 43.3 Å². The van der Waals surface area contributed by atoms with Gasteiger partial charge in [-0.1, -0.05) is 29.8 Å². The average Bonchev–Trinajstić information content (AvgIpc) is 3.02. The van der Waals surface area contributed by atoms with Crippen LogP contribution >= 0.6 is 11.5 Å². The van der Waals surface area contributed by atoms with Crippen molar-refractivity contribution < 1.29 is 9.90 Å². The number of aromatic nitrogens is 1. The lowest BCUT2D eigenvalue weighted by atomic mass is 9.98. The third kappa shape index (κ3) is 2.85. The van der Waals surface area contributed by atoms with Crippen LogP contribution in [0.4, 0.5) is 0 Å². The molecular weight excluding hydrogens is 282 g/mol. The van der Waals surface area contributed by atoms with E-state index < -0.39 is 5.97 Å². The molecule has 0 spiro atoms. The molecular formula is C17H13NO2S. The SMILES string of the molecule is Cc1ccc(-c2cc(C(=O)O)cc(-c3ccns3)c2)cc1. The minimum absolute atomic E-state index is 0.288. The lowest BCUT2D eigenvalue weighted by molar-refractivity contribution is 0.0697. The van der Waals surface area contributed by atoms with Gasteiger partial charge < -0.3 is 5.11 Å². The van der Waals surface area contributed by atoms with Gasteiger partial charge in [0, 0.05) is 6.20 Å². The van der Waals surface area contributed by atoms with E-state index in [-0.39, 0.29) is 5.56 Å². The Morgan fingerprint density at radius 3 is 2.33 bits per heavy atom. The minimum atomic E-state index is -0.922. The summed E-state index contributed by atoms with van der Waals surface area (Å²) >= 11 is 1.36. The first-order valence-corrected chi connectivity index (χ1v) is 7.27. The van der Waals surface area contributed by atoms with Gasteiger partial charge in [0.15, 0.2) is 0 Å². The molecule has 0 fully saturated rings. The van der Waals surface area contributed by atoms with Crippen molar-refractivity contribution in [3.8, 4) is 21.6 Å². The van der Waals surface area contributed by atoms with Crippen LogP contribution in [0, 0.1) is 6.92 Å². The van der Waals surface area contributed by atoms with E-state index in [0.717, 1.165) is 21.6 Å². The number of carbonyl (C=O) groups is 1. The van der Waals surface area contributed by atoms with Crippen LogP contribution in [-0.2, 0) is 0 Å². The van der Waals surface area contributed by atoms with Crippen LogP contribution in [0.15, 0.2) is 54.7 Å². The van der Waals surface area contributed by atoms with Crippen molar-refractivity contribution in [3.63, 3.8) is 0 Å². The second-order valence-electron chi connectivity index (χ2n) is 4.85. The highest BCUT2D eigenvalue weighted by Crippen LogP contribution is 2.30. The largest absolute Gasteiger partial charge is 0.478 e. The number of hydrogen-bond acceptors (Lipinski definition) is 3. The van der Waals surface area contributed by atoms with E-state index >= 15 is 0 Å². The van der Waals surface area contributed by atoms with Gasteiger partial charge in [0.25, 0.3) is 0 Å². The number of hydrogen-bond donors (Lipinski definition) is 1. The molecule has 0 saturated carbocycles. The topological polar surface area (TPSA) is 50.2 Å². The van der Waals surface area contributed by atoms with Crippen LogP contribution in [0.5, 0.6) is 0 Å². The first-order chi connectivity index (χ1) is 10.1. The molecule has 0 atom stereocenters. The Hall–Kier alpha value is -2.46. The Bertz CT molecular complexity index is 777. The molecule has 0 saturated heterocycles. The van der Waals surface area contributed by atoms with Gasteiger partial charge in [0.1, 0.15) is 0 Å². The van der Waals surface area contributed by atoms with Gasteiger partial charge in [0.05, 0.1) is 10.4 Å². The standard InChI is InChI=1S/C17H13NO2S/c1-11-2-4-12(5-3-11)13-8-14(16-6-7-18-21-16)10-15(9-13)17(19)20/h2-10H,1H3,(H,19,20). The van der Waals surface area contributed by atoms with Crippen LogP contribution in [0.2, 0.25) is 0 Å². The van der Waals surface area contributed by atoms with E-state index in [2.05, 4.69) is 4.37 Å². The molecule has 0 unspecified atom stereocenters. The van der Waals surface area contributed by atoms with E-state index in [1.54, 1.807) is 18.3 Å². The van der Waals surface area contributed by atoms with Gasteiger partial charge in [0.2, 0.25) is 0 Å². The molecule has 2 aromatic carbocycles. The number of benzene rings is 2. The van der Waals surface area contributed by atoms with Crippen LogP contribution in [-0.4, -0.2) is 15.4 Å². The monoisotopic (exact) mass is 295 g/mol. The molecule has 4 heteroatoms. The number of aromatic carboxylic acids is 1. The Balaban J connectivity index is 2.16. The molecule has 1 aromatic heterocycles. The van der Waals surface area contributed by atoms with Crippen LogP contribution in [0.3, 0.4) is 0 Å². The zero-order valence-corrected chi connectivity index (χ0v) is 12.2. The Labute approximate surface area is 126 Å². The highest BCUT2D eigenvalue weighted by atomic mass is 32.1. The Kier molecular flexibility index (Phi) is 3.54. The number of carboxylic acids is 1. The van der Waals surface area contributed by atoms with Crippen LogP contribution in [0.25, 0.3) is 21.6 Å². The van der Waals surface area contributed by atoms with Crippen molar-refractivity contribution in [1.82, 2.24) is 4.37 Å². The van der Waals surface area contributed by atoms with Crippen LogP contribution in [0.1, 0.15) is 15.9 Å². The van der Waals surface area contributed by atoms with Crippen LogP contribution < -0.4 is 0 Å². The highest BCUT2D eigenvalue weighted by molar-refractivity contribution is 7.09. The lowest BCUT2D eigenvalue weighted by Gasteiger charge is -2.07. The number of nitrogens with zero attached hydrogens (tertiary/aromatic N) is 1. The lowest BCUT2D eigenvalue weighted by Crippen LogP contribution is -1.97. The molecule has 3 aromatic rings. The molecule has 0 aliphatic carbocycles. The first kappa shape index (κ1) is 13.5. The quantitative estimate of drug-likeness (QED) is 0.775. The van der Waals surface area contributed by atoms with E-state index in [4.69, 9.17) is 0 Å². The van der Waals surface area contributed by atoms with Crippen molar-refractivity contribution in [2.45, 2.75) is 6.92 Å². The zero-order valence-electron chi connectivity index (χ0n) is 11.4. The third-order valence-corrected chi connectivity index (χ3v) is 4.08. The van der Waals surface area contributed by atoms with Gasteiger partial charge >= 0.3 is 5.97 Å². The molecule has 104 valence electrons. The summed E-state index contributed by atoms with van der Waals surface area (Å²) in [6, 6.07) is 15.4. The highest BCUT2D eigenvalue weighted by Gasteiger charge is 2.10. The third-order valence-electron chi connectivity index (χ3n) is 3.29. The molecule has 0 amide bonds. The summed E-state index contributed by atoms with van der Waals surface area (Å²) < 4.78 is 4.08. The summed E-state index contributed by atoms with van der Waals surface area (Å²) in [7, 11) is 0. The minimum Gasteiger partial charge on any atom is -0.478 e. The number of carboxylic acid groups (broad SMARTS) is 1. The molecule has 0 radical (unpaired) electrons. The molecule has 3 nitrogen and oxygen atoms in total. The van der Waals surface area contributed by atoms with E-state index in [0.29, 0.717) is 0 Å². The molecule has 0 aliphatic heterocycles. The molecule has 21 heavy (non-hydrogen) atoms. The van der Waals surface area contributed by atoms with Gasteiger partial charge in [-0.2, -0.15) is 0 Å². The van der Waals surface area contributed by atoms with Crippen molar-refractivity contribution in [1.29, 1.82) is 0 Å². The first-order valence-electron chi connectivity index (χ1n) is 6.50. The fraction of sp³-hybridized carbons (Fsp3) is 0.0588. The van der Waals surface area contributed by atoms with Gasteiger partial charge in [-0.25, -0.2) is 9.17 Å². The zero-order chi connectivity index (χ0) is 14.8. The summed E-state index contributed by atoms with van der Waals surface area (Å²) in [5.41, 5.74) is 4.26. The summed E-state index contributed by atoms with van der Waals surface area (Å²) in [5, 5.41) is 9.31. The molecule has 0 bridgehead atoms.